The Morgan fingerprint density at radius 3 is 2.94 bits per heavy atom. The van der Waals surface area contributed by atoms with Gasteiger partial charge in [-0.15, -0.1) is 0 Å². The Morgan fingerprint density at radius 1 is 1.62 bits per heavy atom. The van der Waals surface area contributed by atoms with Crippen LogP contribution in [-0.4, -0.2) is 63.3 Å². The Morgan fingerprint density at radius 2 is 2.38 bits per heavy atom. The van der Waals surface area contributed by atoms with Crippen molar-refractivity contribution in [3.8, 4) is 0 Å². The lowest BCUT2D eigenvalue weighted by atomic mass is 10.2. The van der Waals surface area contributed by atoms with E-state index in [9.17, 15) is 4.79 Å². The Hall–Kier alpha value is -0.650. The van der Waals surface area contributed by atoms with Gasteiger partial charge in [-0.25, -0.2) is 0 Å². The molecule has 0 saturated carbocycles. The van der Waals surface area contributed by atoms with E-state index in [1.54, 1.807) is 0 Å². The summed E-state index contributed by atoms with van der Waals surface area (Å²) in [5.41, 5.74) is 0. The van der Waals surface area contributed by atoms with Gasteiger partial charge in [0.25, 0.3) is 0 Å². The largest absolute Gasteiger partial charge is 0.378 e. The van der Waals surface area contributed by atoms with Gasteiger partial charge in [0.05, 0.1) is 13.2 Å². The SMILES string of the molecule is CC(CNC(=O)CC1COCCN1)N(C)C. The number of hydrogen-bond donors (Lipinski definition) is 2. The molecular formula is C11H23N3O2. The highest BCUT2D eigenvalue weighted by Crippen LogP contribution is 1.98. The van der Waals surface area contributed by atoms with Gasteiger partial charge in [0.2, 0.25) is 5.91 Å². The molecule has 1 amide bonds. The third-order valence-corrected chi connectivity index (χ3v) is 2.91. The monoisotopic (exact) mass is 229 g/mol. The van der Waals surface area contributed by atoms with Crippen LogP contribution in [0.4, 0.5) is 0 Å². The molecule has 16 heavy (non-hydrogen) atoms. The Kier molecular flexibility index (Phi) is 5.73. The van der Waals surface area contributed by atoms with E-state index in [1.807, 2.05) is 14.1 Å². The lowest BCUT2D eigenvalue weighted by Gasteiger charge is -2.24. The van der Waals surface area contributed by atoms with Crippen molar-refractivity contribution < 1.29 is 9.53 Å². The van der Waals surface area contributed by atoms with Crippen LogP contribution in [0.2, 0.25) is 0 Å². The predicted octanol–water partition coefficient (Wildman–Crippen LogP) is -0.569. The van der Waals surface area contributed by atoms with Gasteiger partial charge in [-0.2, -0.15) is 0 Å². The molecule has 1 aliphatic rings. The highest BCUT2D eigenvalue weighted by molar-refractivity contribution is 5.76. The van der Waals surface area contributed by atoms with Gasteiger partial charge < -0.3 is 20.3 Å². The summed E-state index contributed by atoms with van der Waals surface area (Å²) in [7, 11) is 4.01. The van der Waals surface area contributed by atoms with Crippen LogP contribution in [0.3, 0.4) is 0 Å². The van der Waals surface area contributed by atoms with Gasteiger partial charge in [0.15, 0.2) is 0 Å². The molecular weight excluding hydrogens is 206 g/mol. The number of likely N-dealkylation sites (N-methyl/N-ethyl adjacent to an activating group) is 1. The average molecular weight is 229 g/mol. The number of hydrogen-bond acceptors (Lipinski definition) is 4. The Bertz CT molecular complexity index is 215. The summed E-state index contributed by atoms with van der Waals surface area (Å²) in [6.45, 7) is 5.00. The summed E-state index contributed by atoms with van der Waals surface area (Å²) in [6.07, 6.45) is 0.500. The van der Waals surface area contributed by atoms with Crippen molar-refractivity contribution >= 4 is 5.91 Å². The first kappa shape index (κ1) is 13.4. The fourth-order valence-electron chi connectivity index (χ4n) is 1.49. The van der Waals surface area contributed by atoms with E-state index >= 15 is 0 Å². The summed E-state index contributed by atoms with van der Waals surface area (Å²) in [4.78, 5) is 13.7. The second-order valence-corrected chi connectivity index (χ2v) is 4.55. The topological polar surface area (TPSA) is 53.6 Å². The predicted molar refractivity (Wildman–Crippen MR) is 63.4 cm³/mol. The number of rotatable bonds is 5. The van der Waals surface area contributed by atoms with E-state index in [0.29, 0.717) is 25.6 Å². The molecule has 1 aliphatic heterocycles. The first-order valence-corrected chi connectivity index (χ1v) is 5.84. The zero-order valence-corrected chi connectivity index (χ0v) is 10.5. The van der Waals surface area contributed by atoms with Gasteiger partial charge in [0, 0.05) is 31.6 Å². The number of nitrogens with zero attached hydrogens (tertiary/aromatic N) is 1. The molecule has 1 fully saturated rings. The molecule has 1 saturated heterocycles. The molecule has 2 unspecified atom stereocenters. The van der Waals surface area contributed by atoms with Crippen molar-refractivity contribution in [2.45, 2.75) is 25.4 Å². The fourth-order valence-corrected chi connectivity index (χ4v) is 1.49. The van der Waals surface area contributed by atoms with Gasteiger partial charge in [0.1, 0.15) is 0 Å². The number of amides is 1. The molecule has 0 aromatic heterocycles. The van der Waals surface area contributed by atoms with Crippen LogP contribution in [0.1, 0.15) is 13.3 Å². The summed E-state index contributed by atoms with van der Waals surface area (Å²) >= 11 is 0. The maximum absolute atomic E-state index is 11.6. The van der Waals surface area contributed by atoms with Crippen molar-refractivity contribution in [1.29, 1.82) is 0 Å². The molecule has 0 aliphatic carbocycles. The minimum absolute atomic E-state index is 0.0942. The number of morpholine rings is 1. The Balaban J connectivity index is 2.14. The molecule has 0 bridgehead atoms. The van der Waals surface area contributed by atoms with Gasteiger partial charge >= 0.3 is 0 Å². The van der Waals surface area contributed by atoms with Crippen LogP contribution < -0.4 is 10.6 Å². The Labute approximate surface area is 97.5 Å². The minimum Gasteiger partial charge on any atom is -0.378 e. The summed E-state index contributed by atoms with van der Waals surface area (Å²) in [5.74, 6) is 0.0942. The van der Waals surface area contributed by atoms with E-state index in [-0.39, 0.29) is 11.9 Å². The van der Waals surface area contributed by atoms with Gasteiger partial charge in [-0.3, -0.25) is 4.79 Å². The first-order valence-electron chi connectivity index (χ1n) is 5.84. The average Bonchev–Trinajstić information content (AvgIpc) is 2.27. The molecule has 0 spiro atoms. The van der Waals surface area contributed by atoms with Crippen LogP contribution in [0.25, 0.3) is 0 Å². The second kappa shape index (κ2) is 6.83. The van der Waals surface area contributed by atoms with E-state index in [1.165, 1.54) is 0 Å². The molecule has 2 N–H and O–H groups in total. The highest BCUT2D eigenvalue weighted by atomic mass is 16.5. The summed E-state index contributed by atoms with van der Waals surface area (Å²) < 4.78 is 5.30. The van der Waals surface area contributed by atoms with Crippen molar-refractivity contribution in [2.24, 2.45) is 0 Å². The summed E-state index contributed by atoms with van der Waals surface area (Å²) in [6, 6.07) is 0.530. The maximum atomic E-state index is 11.6. The zero-order chi connectivity index (χ0) is 12.0. The smallest absolute Gasteiger partial charge is 0.221 e. The second-order valence-electron chi connectivity index (χ2n) is 4.55. The van der Waals surface area contributed by atoms with Crippen LogP contribution in [0.5, 0.6) is 0 Å². The molecule has 5 nitrogen and oxygen atoms in total. The highest BCUT2D eigenvalue weighted by Gasteiger charge is 2.17. The van der Waals surface area contributed by atoms with E-state index < -0.39 is 0 Å². The van der Waals surface area contributed by atoms with Crippen molar-refractivity contribution in [1.82, 2.24) is 15.5 Å². The van der Waals surface area contributed by atoms with Crippen molar-refractivity contribution in [3.05, 3.63) is 0 Å². The van der Waals surface area contributed by atoms with Crippen LogP contribution in [0.15, 0.2) is 0 Å². The normalized spacial score (nSPS) is 23.1. The molecule has 0 aromatic rings. The van der Waals surface area contributed by atoms with E-state index in [4.69, 9.17) is 4.74 Å². The van der Waals surface area contributed by atoms with Gasteiger partial charge in [-0.05, 0) is 21.0 Å². The minimum atomic E-state index is 0.0942. The van der Waals surface area contributed by atoms with Crippen LogP contribution >= 0.6 is 0 Å². The number of carbonyl (C=O) groups excluding carboxylic acids is 1. The number of ether oxygens (including phenoxy) is 1. The molecule has 5 heteroatoms. The third kappa shape index (κ3) is 4.92. The lowest BCUT2D eigenvalue weighted by molar-refractivity contribution is -0.122. The number of nitrogens with one attached hydrogen (secondary N) is 2. The molecule has 1 heterocycles. The maximum Gasteiger partial charge on any atom is 0.221 e. The van der Waals surface area contributed by atoms with E-state index in [2.05, 4.69) is 22.5 Å². The molecule has 2 atom stereocenters. The van der Waals surface area contributed by atoms with Gasteiger partial charge in [-0.1, -0.05) is 0 Å². The molecule has 0 aromatic carbocycles. The molecule has 0 radical (unpaired) electrons. The van der Waals surface area contributed by atoms with Crippen LogP contribution in [-0.2, 0) is 9.53 Å². The summed E-state index contributed by atoms with van der Waals surface area (Å²) in [5, 5.41) is 6.20. The van der Waals surface area contributed by atoms with Crippen molar-refractivity contribution in [2.75, 3.05) is 40.4 Å². The van der Waals surface area contributed by atoms with E-state index in [0.717, 1.165) is 13.2 Å². The van der Waals surface area contributed by atoms with Crippen molar-refractivity contribution in [3.63, 3.8) is 0 Å². The zero-order valence-electron chi connectivity index (χ0n) is 10.5. The third-order valence-electron chi connectivity index (χ3n) is 2.91. The van der Waals surface area contributed by atoms with Crippen LogP contribution in [0, 0.1) is 0 Å². The fraction of sp³-hybridized carbons (Fsp3) is 0.909. The first-order chi connectivity index (χ1) is 7.59. The quantitative estimate of drug-likeness (QED) is 0.663. The lowest BCUT2D eigenvalue weighted by Crippen LogP contribution is -2.45. The molecule has 94 valence electrons. The molecule has 1 rings (SSSR count). The standard InChI is InChI=1S/C11H23N3O2/c1-9(14(2)3)7-13-11(15)6-10-8-16-5-4-12-10/h9-10,12H,4-8H2,1-3H3,(H,13,15). The number of carbonyl (C=O) groups is 1.